The smallest absolute Gasteiger partial charge is 0.305 e. The molecule has 0 saturated carbocycles. The van der Waals surface area contributed by atoms with E-state index in [-0.39, 0.29) is 30.8 Å². The van der Waals surface area contributed by atoms with Crippen LogP contribution in [0.2, 0.25) is 0 Å². The fraction of sp³-hybridized carbons (Fsp3) is 0.412. The molecule has 1 atom stereocenters. The Balaban J connectivity index is 1.98. The summed E-state index contributed by atoms with van der Waals surface area (Å²) in [5.74, 6) is -1.56. The van der Waals surface area contributed by atoms with E-state index in [1.165, 1.54) is 23.1 Å². The van der Waals surface area contributed by atoms with Crippen LogP contribution in [0.5, 0.6) is 0 Å². The van der Waals surface area contributed by atoms with Gasteiger partial charge in [-0.25, -0.2) is 4.39 Å². The van der Waals surface area contributed by atoms with Gasteiger partial charge in [0.2, 0.25) is 5.91 Å². The molecule has 5 nitrogen and oxygen atoms in total. The standard InChI is InChI=1S/C17H20FNO4/c18-14-6-3-13(4-7-14)5-8-16(20)19(10-9-17(21)22)12-15-2-1-11-23-15/h3-8,15H,1-2,9-12H2,(H,21,22). The van der Waals surface area contributed by atoms with Gasteiger partial charge in [0.1, 0.15) is 5.82 Å². The lowest BCUT2D eigenvalue weighted by Crippen LogP contribution is -2.37. The van der Waals surface area contributed by atoms with Gasteiger partial charge in [0.15, 0.2) is 0 Å². The zero-order valence-electron chi connectivity index (χ0n) is 12.8. The molecular weight excluding hydrogens is 301 g/mol. The second-order valence-electron chi connectivity index (χ2n) is 5.45. The molecule has 0 radical (unpaired) electrons. The average Bonchev–Trinajstić information content (AvgIpc) is 3.03. The molecule has 1 aromatic carbocycles. The largest absolute Gasteiger partial charge is 0.481 e. The third kappa shape index (κ3) is 5.83. The van der Waals surface area contributed by atoms with E-state index in [4.69, 9.17) is 9.84 Å². The molecule has 1 aliphatic rings. The van der Waals surface area contributed by atoms with Crippen LogP contribution in [0.1, 0.15) is 24.8 Å². The summed E-state index contributed by atoms with van der Waals surface area (Å²) in [6.07, 6.45) is 4.65. The van der Waals surface area contributed by atoms with E-state index in [9.17, 15) is 14.0 Å². The number of carbonyl (C=O) groups excluding carboxylic acids is 1. The third-order valence-corrected chi connectivity index (χ3v) is 3.64. The quantitative estimate of drug-likeness (QED) is 0.783. The van der Waals surface area contributed by atoms with Crippen LogP contribution < -0.4 is 0 Å². The molecule has 1 heterocycles. The van der Waals surface area contributed by atoms with Gasteiger partial charge in [-0.15, -0.1) is 0 Å². The number of hydrogen-bond acceptors (Lipinski definition) is 3. The van der Waals surface area contributed by atoms with Crippen molar-refractivity contribution in [2.75, 3.05) is 19.7 Å². The predicted molar refractivity (Wildman–Crippen MR) is 83.2 cm³/mol. The summed E-state index contributed by atoms with van der Waals surface area (Å²) < 4.78 is 18.4. The van der Waals surface area contributed by atoms with Crippen LogP contribution in [0.25, 0.3) is 6.08 Å². The van der Waals surface area contributed by atoms with Gasteiger partial charge >= 0.3 is 5.97 Å². The molecule has 1 aromatic rings. The fourth-order valence-corrected chi connectivity index (χ4v) is 2.40. The maximum atomic E-state index is 12.8. The number of nitrogens with zero attached hydrogens (tertiary/aromatic N) is 1. The van der Waals surface area contributed by atoms with Gasteiger partial charge in [0.25, 0.3) is 0 Å². The Morgan fingerprint density at radius 3 is 2.70 bits per heavy atom. The van der Waals surface area contributed by atoms with Crippen molar-refractivity contribution in [1.82, 2.24) is 4.90 Å². The van der Waals surface area contributed by atoms with Crippen molar-refractivity contribution in [2.24, 2.45) is 0 Å². The topological polar surface area (TPSA) is 66.8 Å². The number of aliphatic carboxylic acids is 1. The van der Waals surface area contributed by atoms with Gasteiger partial charge in [-0.2, -0.15) is 0 Å². The van der Waals surface area contributed by atoms with E-state index in [1.54, 1.807) is 18.2 Å². The first-order valence-corrected chi connectivity index (χ1v) is 7.60. The minimum absolute atomic E-state index is 0.0352. The first-order chi connectivity index (χ1) is 11.0. The van der Waals surface area contributed by atoms with Crippen LogP contribution in [-0.4, -0.2) is 47.7 Å². The Morgan fingerprint density at radius 2 is 2.09 bits per heavy atom. The highest BCUT2D eigenvalue weighted by molar-refractivity contribution is 5.92. The van der Waals surface area contributed by atoms with Crippen molar-refractivity contribution in [3.8, 4) is 0 Å². The number of halogens is 1. The van der Waals surface area contributed by atoms with E-state index in [2.05, 4.69) is 0 Å². The Hall–Kier alpha value is -2.21. The molecule has 0 aromatic heterocycles. The number of amides is 1. The number of hydrogen-bond donors (Lipinski definition) is 1. The Labute approximate surface area is 134 Å². The van der Waals surface area contributed by atoms with Crippen LogP contribution in [-0.2, 0) is 14.3 Å². The number of ether oxygens (including phenoxy) is 1. The lowest BCUT2D eigenvalue weighted by molar-refractivity contribution is -0.138. The molecule has 1 unspecified atom stereocenters. The molecule has 1 amide bonds. The van der Waals surface area contributed by atoms with Gasteiger partial charge in [-0.05, 0) is 36.6 Å². The monoisotopic (exact) mass is 321 g/mol. The van der Waals surface area contributed by atoms with Gasteiger partial charge in [-0.3, -0.25) is 9.59 Å². The van der Waals surface area contributed by atoms with Crippen LogP contribution in [0, 0.1) is 5.82 Å². The molecule has 1 N–H and O–H groups in total. The van der Waals surface area contributed by atoms with E-state index >= 15 is 0 Å². The zero-order valence-corrected chi connectivity index (χ0v) is 12.8. The highest BCUT2D eigenvalue weighted by Gasteiger charge is 2.21. The van der Waals surface area contributed by atoms with Crippen molar-refractivity contribution in [3.63, 3.8) is 0 Å². The second-order valence-corrected chi connectivity index (χ2v) is 5.45. The van der Waals surface area contributed by atoms with Gasteiger partial charge < -0.3 is 14.7 Å². The first-order valence-electron chi connectivity index (χ1n) is 7.60. The number of carbonyl (C=O) groups is 2. The molecule has 124 valence electrons. The number of benzene rings is 1. The highest BCUT2D eigenvalue weighted by atomic mass is 19.1. The summed E-state index contributed by atoms with van der Waals surface area (Å²) in [7, 11) is 0. The minimum Gasteiger partial charge on any atom is -0.481 e. The SMILES string of the molecule is O=C(O)CCN(CC1CCCO1)C(=O)C=Cc1ccc(F)cc1. The van der Waals surface area contributed by atoms with Crippen molar-refractivity contribution in [2.45, 2.75) is 25.4 Å². The van der Waals surface area contributed by atoms with Gasteiger partial charge in [0, 0.05) is 25.8 Å². The molecule has 23 heavy (non-hydrogen) atoms. The normalized spacial score (nSPS) is 17.5. The minimum atomic E-state index is -0.947. The summed E-state index contributed by atoms with van der Waals surface area (Å²) in [5, 5.41) is 8.82. The molecule has 1 fully saturated rings. The molecular formula is C17H20FNO4. The lowest BCUT2D eigenvalue weighted by Gasteiger charge is -2.23. The molecule has 0 bridgehead atoms. The molecule has 0 spiro atoms. The number of carboxylic acid groups (broad SMARTS) is 1. The fourth-order valence-electron chi connectivity index (χ4n) is 2.40. The van der Waals surface area contributed by atoms with Crippen LogP contribution >= 0.6 is 0 Å². The summed E-state index contributed by atoms with van der Waals surface area (Å²) >= 11 is 0. The zero-order chi connectivity index (χ0) is 16.7. The number of carboxylic acids is 1. The van der Waals surface area contributed by atoms with Crippen LogP contribution in [0.4, 0.5) is 4.39 Å². The highest BCUT2D eigenvalue weighted by Crippen LogP contribution is 2.14. The van der Waals surface area contributed by atoms with E-state index in [0.717, 1.165) is 12.8 Å². The first kappa shape index (κ1) is 17.1. The Morgan fingerprint density at radius 1 is 1.35 bits per heavy atom. The summed E-state index contributed by atoms with van der Waals surface area (Å²) in [6.45, 7) is 1.21. The molecule has 2 rings (SSSR count). The summed E-state index contributed by atoms with van der Waals surface area (Å²) in [6, 6.07) is 5.78. The van der Waals surface area contributed by atoms with Crippen LogP contribution in [0.3, 0.4) is 0 Å². The van der Waals surface area contributed by atoms with Gasteiger partial charge in [0.05, 0.1) is 12.5 Å². The maximum Gasteiger partial charge on any atom is 0.305 e. The number of rotatable bonds is 7. The molecule has 1 aliphatic heterocycles. The average molecular weight is 321 g/mol. The van der Waals surface area contributed by atoms with Crippen molar-refractivity contribution in [3.05, 3.63) is 41.7 Å². The lowest BCUT2D eigenvalue weighted by atomic mass is 10.2. The molecule has 6 heteroatoms. The van der Waals surface area contributed by atoms with E-state index in [0.29, 0.717) is 18.7 Å². The Kier molecular flexibility index (Phi) is 6.29. The summed E-state index contributed by atoms with van der Waals surface area (Å²) in [4.78, 5) is 24.5. The van der Waals surface area contributed by atoms with Crippen molar-refractivity contribution < 1.29 is 23.8 Å². The van der Waals surface area contributed by atoms with E-state index in [1.807, 2.05) is 0 Å². The van der Waals surface area contributed by atoms with Crippen molar-refractivity contribution in [1.29, 1.82) is 0 Å². The maximum absolute atomic E-state index is 12.8. The Bertz CT molecular complexity index is 564. The predicted octanol–water partition coefficient (Wildman–Crippen LogP) is 2.32. The summed E-state index contributed by atoms with van der Waals surface area (Å²) in [5.41, 5.74) is 0.704. The van der Waals surface area contributed by atoms with Crippen molar-refractivity contribution >= 4 is 18.0 Å². The van der Waals surface area contributed by atoms with Gasteiger partial charge in [-0.1, -0.05) is 12.1 Å². The molecule has 1 saturated heterocycles. The third-order valence-electron chi connectivity index (χ3n) is 3.64. The van der Waals surface area contributed by atoms with Crippen LogP contribution in [0.15, 0.2) is 30.3 Å². The second kappa shape index (κ2) is 8.43. The van der Waals surface area contributed by atoms with E-state index < -0.39 is 5.97 Å². The molecule has 0 aliphatic carbocycles.